The Morgan fingerprint density at radius 3 is 2.22 bits per heavy atom. The van der Waals surface area contributed by atoms with Crippen LogP contribution < -0.4 is 5.32 Å². The SMILES string of the molecule is CC(C)C(=O)NCCc1ccc(S(C)(=O)=O)cc1. The zero-order chi connectivity index (χ0) is 13.8. The molecule has 0 bridgehead atoms. The van der Waals surface area contributed by atoms with Crippen molar-refractivity contribution >= 4 is 15.7 Å². The maximum Gasteiger partial charge on any atom is 0.222 e. The van der Waals surface area contributed by atoms with Crippen molar-refractivity contribution in [2.24, 2.45) is 5.92 Å². The number of hydrogen-bond donors (Lipinski definition) is 1. The second kappa shape index (κ2) is 6.00. The van der Waals surface area contributed by atoms with Crippen LogP contribution in [0.15, 0.2) is 29.2 Å². The third-order valence-electron chi connectivity index (χ3n) is 2.59. The molecular weight excluding hydrogens is 250 g/mol. The van der Waals surface area contributed by atoms with Crippen LogP contribution in [0.4, 0.5) is 0 Å². The Hall–Kier alpha value is -1.36. The summed E-state index contributed by atoms with van der Waals surface area (Å²) in [6.07, 6.45) is 1.88. The standard InChI is InChI=1S/C13H19NO3S/c1-10(2)13(15)14-9-8-11-4-6-12(7-5-11)18(3,16)17/h4-7,10H,8-9H2,1-3H3,(H,14,15). The lowest BCUT2D eigenvalue weighted by molar-refractivity contribution is -0.123. The highest BCUT2D eigenvalue weighted by Gasteiger charge is 2.07. The lowest BCUT2D eigenvalue weighted by atomic mass is 10.1. The van der Waals surface area contributed by atoms with E-state index in [2.05, 4.69) is 5.32 Å². The van der Waals surface area contributed by atoms with Crippen LogP contribution in [0.3, 0.4) is 0 Å². The van der Waals surface area contributed by atoms with Crippen LogP contribution in [0.25, 0.3) is 0 Å². The van der Waals surface area contributed by atoms with Crippen molar-refractivity contribution in [1.29, 1.82) is 0 Å². The van der Waals surface area contributed by atoms with E-state index >= 15 is 0 Å². The van der Waals surface area contributed by atoms with E-state index in [1.165, 1.54) is 6.26 Å². The zero-order valence-electron chi connectivity index (χ0n) is 10.9. The van der Waals surface area contributed by atoms with E-state index in [1.54, 1.807) is 24.3 Å². The molecule has 1 amide bonds. The molecule has 1 rings (SSSR count). The van der Waals surface area contributed by atoms with E-state index in [9.17, 15) is 13.2 Å². The molecule has 0 saturated carbocycles. The van der Waals surface area contributed by atoms with Crippen LogP contribution in [0, 0.1) is 5.92 Å². The number of rotatable bonds is 5. The molecule has 1 aromatic carbocycles. The van der Waals surface area contributed by atoms with Gasteiger partial charge in [-0.3, -0.25) is 4.79 Å². The van der Waals surface area contributed by atoms with Crippen LogP contribution in [0.2, 0.25) is 0 Å². The molecule has 4 nitrogen and oxygen atoms in total. The minimum absolute atomic E-state index is 0.0161. The Morgan fingerprint density at radius 1 is 1.22 bits per heavy atom. The van der Waals surface area contributed by atoms with Crippen molar-refractivity contribution in [2.45, 2.75) is 25.2 Å². The number of sulfone groups is 1. The van der Waals surface area contributed by atoms with Gasteiger partial charge in [-0.15, -0.1) is 0 Å². The van der Waals surface area contributed by atoms with Crippen molar-refractivity contribution in [2.75, 3.05) is 12.8 Å². The first-order chi connectivity index (χ1) is 8.30. The van der Waals surface area contributed by atoms with Crippen LogP contribution in [-0.2, 0) is 21.1 Å². The van der Waals surface area contributed by atoms with Gasteiger partial charge in [0.15, 0.2) is 9.84 Å². The van der Waals surface area contributed by atoms with Gasteiger partial charge >= 0.3 is 0 Å². The summed E-state index contributed by atoms with van der Waals surface area (Å²) in [5.74, 6) is 0.0142. The van der Waals surface area contributed by atoms with Gasteiger partial charge in [0, 0.05) is 18.7 Å². The Labute approximate surface area is 108 Å². The summed E-state index contributed by atoms with van der Waals surface area (Å²) in [5, 5.41) is 2.82. The molecule has 1 aromatic rings. The van der Waals surface area contributed by atoms with Gasteiger partial charge in [0.05, 0.1) is 4.90 Å². The highest BCUT2D eigenvalue weighted by molar-refractivity contribution is 7.90. The molecule has 0 heterocycles. The van der Waals surface area contributed by atoms with Gasteiger partial charge in [0.2, 0.25) is 5.91 Å². The molecule has 0 unspecified atom stereocenters. The van der Waals surface area contributed by atoms with Crippen LogP contribution in [0.1, 0.15) is 19.4 Å². The van der Waals surface area contributed by atoms with Gasteiger partial charge in [0.25, 0.3) is 0 Å². The Morgan fingerprint density at radius 2 is 1.78 bits per heavy atom. The van der Waals surface area contributed by atoms with E-state index in [4.69, 9.17) is 0 Å². The first-order valence-electron chi connectivity index (χ1n) is 5.87. The van der Waals surface area contributed by atoms with Gasteiger partial charge in [-0.1, -0.05) is 26.0 Å². The van der Waals surface area contributed by atoms with Crippen LogP contribution in [-0.4, -0.2) is 27.1 Å². The van der Waals surface area contributed by atoms with Gasteiger partial charge in [-0.2, -0.15) is 0 Å². The van der Waals surface area contributed by atoms with E-state index in [1.807, 2.05) is 13.8 Å². The summed E-state index contributed by atoms with van der Waals surface area (Å²) >= 11 is 0. The summed E-state index contributed by atoms with van der Waals surface area (Å²) in [5.41, 5.74) is 1.01. The average molecular weight is 269 g/mol. The minimum atomic E-state index is -3.13. The molecule has 0 saturated heterocycles. The number of carbonyl (C=O) groups is 1. The lowest BCUT2D eigenvalue weighted by Crippen LogP contribution is -2.29. The number of carbonyl (C=O) groups excluding carboxylic acids is 1. The van der Waals surface area contributed by atoms with E-state index in [0.717, 1.165) is 5.56 Å². The minimum Gasteiger partial charge on any atom is -0.356 e. The van der Waals surface area contributed by atoms with Gasteiger partial charge in [0.1, 0.15) is 0 Å². The highest BCUT2D eigenvalue weighted by atomic mass is 32.2. The normalized spacial score (nSPS) is 11.6. The summed E-state index contributed by atoms with van der Waals surface area (Å²) in [7, 11) is -3.13. The number of amides is 1. The van der Waals surface area contributed by atoms with Crippen molar-refractivity contribution in [1.82, 2.24) is 5.32 Å². The molecule has 18 heavy (non-hydrogen) atoms. The van der Waals surface area contributed by atoms with Gasteiger partial charge in [-0.25, -0.2) is 8.42 Å². The molecule has 1 N–H and O–H groups in total. The maximum atomic E-state index is 11.3. The maximum absolute atomic E-state index is 11.3. The summed E-state index contributed by atoms with van der Waals surface area (Å²) in [6.45, 7) is 4.25. The number of nitrogens with one attached hydrogen (secondary N) is 1. The van der Waals surface area contributed by atoms with Crippen molar-refractivity contribution < 1.29 is 13.2 Å². The average Bonchev–Trinajstić information content (AvgIpc) is 2.28. The first-order valence-corrected chi connectivity index (χ1v) is 7.76. The van der Waals surface area contributed by atoms with Crippen molar-refractivity contribution in [3.05, 3.63) is 29.8 Å². The predicted octanol–water partition coefficient (Wildman–Crippen LogP) is 1.40. The fourth-order valence-electron chi connectivity index (χ4n) is 1.44. The smallest absolute Gasteiger partial charge is 0.222 e. The Balaban J connectivity index is 2.53. The van der Waals surface area contributed by atoms with Gasteiger partial charge < -0.3 is 5.32 Å². The largest absolute Gasteiger partial charge is 0.356 e. The quantitative estimate of drug-likeness (QED) is 0.879. The summed E-state index contributed by atoms with van der Waals surface area (Å²) in [4.78, 5) is 11.6. The van der Waals surface area contributed by atoms with E-state index in [-0.39, 0.29) is 11.8 Å². The molecule has 0 aromatic heterocycles. The monoisotopic (exact) mass is 269 g/mol. The van der Waals surface area contributed by atoms with Crippen LogP contribution >= 0.6 is 0 Å². The molecular formula is C13H19NO3S. The molecule has 0 aliphatic heterocycles. The molecule has 0 radical (unpaired) electrons. The first kappa shape index (κ1) is 14.7. The Bertz CT molecular complexity index is 504. The topological polar surface area (TPSA) is 63.2 Å². The summed E-state index contributed by atoms with van der Waals surface area (Å²) < 4.78 is 22.5. The molecule has 100 valence electrons. The third-order valence-corrected chi connectivity index (χ3v) is 3.72. The van der Waals surface area contributed by atoms with Crippen molar-refractivity contribution in [3.63, 3.8) is 0 Å². The molecule has 0 fully saturated rings. The third kappa shape index (κ3) is 4.49. The molecule has 0 atom stereocenters. The molecule has 0 aliphatic rings. The van der Waals surface area contributed by atoms with E-state index < -0.39 is 9.84 Å². The highest BCUT2D eigenvalue weighted by Crippen LogP contribution is 2.10. The van der Waals surface area contributed by atoms with Crippen LogP contribution in [0.5, 0.6) is 0 Å². The fraction of sp³-hybridized carbons (Fsp3) is 0.462. The van der Waals surface area contributed by atoms with Crippen molar-refractivity contribution in [3.8, 4) is 0 Å². The lowest BCUT2D eigenvalue weighted by Gasteiger charge is -2.07. The fourth-order valence-corrected chi connectivity index (χ4v) is 2.07. The summed E-state index contributed by atoms with van der Waals surface area (Å²) in [6, 6.07) is 6.74. The second-order valence-corrected chi connectivity index (χ2v) is 6.63. The van der Waals surface area contributed by atoms with Gasteiger partial charge in [-0.05, 0) is 24.1 Å². The molecule has 5 heteroatoms. The number of benzene rings is 1. The van der Waals surface area contributed by atoms with E-state index in [0.29, 0.717) is 17.9 Å². The zero-order valence-corrected chi connectivity index (χ0v) is 11.8. The Kier molecular flexibility index (Phi) is 4.90. The number of hydrogen-bond acceptors (Lipinski definition) is 3. The molecule has 0 spiro atoms. The molecule has 0 aliphatic carbocycles. The predicted molar refractivity (Wildman–Crippen MR) is 71.1 cm³/mol. The second-order valence-electron chi connectivity index (χ2n) is 4.61.